The Balaban J connectivity index is 1.47. The van der Waals surface area contributed by atoms with Gasteiger partial charge in [-0.1, -0.05) is 41.7 Å². The van der Waals surface area contributed by atoms with E-state index in [0.717, 1.165) is 23.3 Å². The number of rotatable bonds is 11. The second-order valence-corrected chi connectivity index (χ2v) is 13.9. The van der Waals surface area contributed by atoms with Gasteiger partial charge in [-0.15, -0.1) is 0 Å². The standard InChI is InChI=1S/C24H30NO5PS/c1-31(28,24(23(25)27)14-17-29-18-15-24)32-21-12-10-20(11-13-21)30-16-6-5-9-22(26)19-7-3-2-4-8-19/h2-4,7-8,10-13H,5-6,9,14-18H2,1H3,(H2,25,27). The summed E-state index contributed by atoms with van der Waals surface area (Å²) in [6.07, 6.45) is -0.151. The van der Waals surface area contributed by atoms with Crippen LogP contribution in [-0.2, 0) is 14.1 Å². The molecule has 1 amide bonds. The maximum atomic E-state index is 13.5. The van der Waals surface area contributed by atoms with E-state index >= 15 is 0 Å². The van der Waals surface area contributed by atoms with Gasteiger partial charge in [-0.25, -0.2) is 0 Å². The number of Topliss-reactive ketones (excluding diaryl/α,β-unsaturated/α-hetero) is 1. The van der Waals surface area contributed by atoms with Gasteiger partial charge in [0.1, 0.15) is 10.9 Å². The van der Waals surface area contributed by atoms with E-state index in [1.54, 1.807) is 6.66 Å². The van der Waals surface area contributed by atoms with Crippen molar-refractivity contribution in [2.24, 2.45) is 5.73 Å². The fourth-order valence-electron chi connectivity index (χ4n) is 3.79. The molecule has 1 aliphatic heterocycles. The third-order valence-corrected chi connectivity index (χ3v) is 11.6. The molecule has 0 saturated carbocycles. The summed E-state index contributed by atoms with van der Waals surface area (Å²) in [5.41, 5.74) is 6.42. The van der Waals surface area contributed by atoms with E-state index in [1.165, 1.54) is 11.4 Å². The van der Waals surface area contributed by atoms with E-state index in [1.807, 2.05) is 54.6 Å². The number of nitrogens with two attached hydrogens (primary N) is 1. The average Bonchev–Trinajstić information content (AvgIpc) is 2.80. The van der Waals surface area contributed by atoms with Gasteiger partial charge in [0.15, 0.2) is 12.1 Å². The lowest BCUT2D eigenvalue weighted by molar-refractivity contribution is -0.122. The molecule has 0 aliphatic carbocycles. The summed E-state index contributed by atoms with van der Waals surface area (Å²) < 4.78 is 24.7. The van der Waals surface area contributed by atoms with Crippen molar-refractivity contribution in [3.8, 4) is 5.75 Å². The minimum atomic E-state index is -2.97. The molecule has 1 atom stereocenters. The summed E-state index contributed by atoms with van der Waals surface area (Å²) in [5.74, 6) is 0.351. The number of ether oxygens (including phenoxy) is 2. The molecule has 172 valence electrons. The van der Waals surface area contributed by atoms with Crippen LogP contribution in [0.2, 0.25) is 0 Å². The zero-order valence-electron chi connectivity index (χ0n) is 18.3. The first-order chi connectivity index (χ1) is 15.3. The van der Waals surface area contributed by atoms with Gasteiger partial charge in [-0.3, -0.25) is 9.59 Å². The molecule has 1 unspecified atom stereocenters. The van der Waals surface area contributed by atoms with Crippen molar-refractivity contribution in [2.75, 3.05) is 26.5 Å². The highest BCUT2D eigenvalue weighted by atomic mass is 32.7. The maximum Gasteiger partial charge on any atom is 0.232 e. The van der Waals surface area contributed by atoms with Crippen LogP contribution in [-0.4, -0.2) is 43.3 Å². The summed E-state index contributed by atoms with van der Waals surface area (Å²) >= 11 is 1.23. The number of primary amides is 1. The Bertz CT molecular complexity index is 958. The topological polar surface area (TPSA) is 95.7 Å². The molecule has 0 radical (unpaired) electrons. The van der Waals surface area contributed by atoms with E-state index in [-0.39, 0.29) is 5.78 Å². The zero-order chi connectivity index (χ0) is 23.0. The number of carbonyl (C=O) groups is 2. The SMILES string of the molecule is CP(=O)(Sc1ccc(OCCCCC(=O)c2ccccc2)cc1)C1(C(N)=O)CCOCC1. The molecule has 6 nitrogen and oxygen atoms in total. The Morgan fingerprint density at radius 2 is 1.72 bits per heavy atom. The quantitative estimate of drug-likeness (QED) is 0.274. The first-order valence-corrected chi connectivity index (χ1v) is 14.4. The van der Waals surface area contributed by atoms with Gasteiger partial charge in [0.2, 0.25) is 5.91 Å². The predicted molar refractivity (Wildman–Crippen MR) is 128 cm³/mol. The van der Waals surface area contributed by atoms with Gasteiger partial charge in [-0.05, 0) is 56.6 Å². The molecule has 2 aromatic rings. The van der Waals surface area contributed by atoms with Gasteiger partial charge in [-0.2, -0.15) is 0 Å². The fourth-order valence-corrected chi connectivity index (χ4v) is 8.94. The lowest BCUT2D eigenvalue weighted by atomic mass is 9.98. The molecular formula is C24H30NO5PS. The van der Waals surface area contributed by atoms with Gasteiger partial charge in [0.25, 0.3) is 0 Å². The first-order valence-electron chi connectivity index (χ1n) is 10.8. The molecule has 32 heavy (non-hydrogen) atoms. The van der Waals surface area contributed by atoms with Crippen LogP contribution >= 0.6 is 17.7 Å². The molecule has 1 heterocycles. The van der Waals surface area contributed by atoms with E-state index in [9.17, 15) is 14.2 Å². The number of hydrogen-bond donors (Lipinski definition) is 1. The van der Waals surface area contributed by atoms with Crippen molar-refractivity contribution < 1.29 is 23.6 Å². The van der Waals surface area contributed by atoms with Crippen LogP contribution < -0.4 is 10.5 Å². The van der Waals surface area contributed by atoms with Crippen molar-refractivity contribution in [1.82, 2.24) is 0 Å². The van der Waals surface area contributed by atoms with Crippen molar-refractivity contribution >= 4 is 29.4 Å². The van der Waals surface area contributed by atoms with Crippen LogP contribution in [0.4, 0.5) is 0 Å². The number of hydrogen-bond acceptors (Lipinski definition) is 6. The molecule has 0 aromatic heterocycles. The molecule has 0 spiro atoms. The van der Waals surface area contributed by atoms with Gasteiger partial charge in [0.05, 0.1) is 6.61 Å². The summed E-state index contributed by atoms with van der Waals surface area (Å²) in [6.45, 7) is 2.95. The fraction of sp³-hybridized carbons (Fsp3) is 0.417. The zero-order valence-corrected chi connectivity index (χ0v) is 20.0. The molecule has 1 aliphatic rings. The van der Waals surface area contributed by atoms with Crippen molar-refractivity contribution in [1.29, 1.82) is 0 Å². The smallest absolute Gasteiger partial charge is 0.232 e. The second-order valence-electron chi connectivity index (χ2n) is 8.01. The van der Waals surface area contributed by atoms with E-state index < -0.39 is 17.4 Å². The van der Waals surface area contributed by atoms with Crippen LogP contribution in [0.3, 0.4) is 0 Å². The van der Waals surface area contributed by atoms with Crippen molar-refractivity contribution in [3.63, 3.8) is 0 Å². The minimum absolute atomic E-state index is 0.147. The number of amides is 1. The summed E-state index contributed by atoms with van der Waals surface area (Å²) in [6, 6.07) is 16.7. The molecular weight excluding hydrogens is 445 g/mol. The average molecular weight is 476 g/mol. The van der Waals surface area contributed by atoms with Crippen LogP contribution in [0, 0.1) is 0 Å². The van der Waals surface area contributed by atoms with Crippen molar-refractivity contribution in [3.05, 3.63) is 60.2 Å². The van der Waals surface area contributed by atoms with Crippen LogP contribution in [0.15, 0.2) is 59.5 Å². The summed E-state index contributed by atoms with van der Waals surface area (Å²) in [4.78, 5) is 25.1. The van der Waals surface area contributed by atoms with E-state index in [2.05, 4.69) is 0 Å². The van der Waals surface area contributed by atoms with Crippen molar-refractivity contribution in [2.45, 2.75) is 42.2 Å². The molecule has 2 N–H and O–H groups in total. The summed E-state index contributed by atoms with van der Waals surface area (Å²) in [7, 11) is 0. The molecule has 1 fully saturated rings. The Morgan fingerprint density at radius 1 is 1.06 bits per heavy atom. The van der Waals surface area contributed by atoms with Gasteiger partial charge >= 0.3 is 0 Å². The molecule has 1 saturated heterocycles. The van der Waals surface area contributed by atoms with Crippen LogP contribution in [0.5, 0.6) is 5.75 Å². The Hall–Kier alpha value is -2.08. The third-order valence-electron chi connectivity index (χ3n) is 5.82. The minimum Gasteiger partial charge on any atom is -0.494 e. The normalized spacial score (nSPS) is 17.3. The highest BCUT2D eigenvalue weighted by Crippen LogP contribution is 2.70. The summed E-state index contributed by atoms with van der Waals surface area (Å²) in [5, 5.41) is -1.03. The first kappa shape index (κ1) is 24.6. The molecule has 0 bridgehead atoms. The molecule has 2 aromatic carbocycles. The maximum absolute atomic E-state index is 13.5. The lowest BCUT2D eigenvalue weighted by Gasteiger charge is -2.38. The van der Waals surface area contributed by atoms with Gasteiger partial charge in [0, 0.05) is 30.1 Å². The number of carbonyl (C=O) groups excluding carboxylic acids is 2. The highest BCUT2D eigenvalue weighted by Gasteiger charge is 2.51. The lowest BCUT2D eigenvalue weighted by Crippen LogP contribution is -2.47. The van der Waals surface area contributed by atoms with Crippen LogP contribution in [0.25, 0.3) is 0 Å². The number of ketones is 1. The Labute approximate surface area is 193 Å². The van der Waals surface area contributed by atoms with E-state index in [4.69, 9.17) is 15.2 Å². The monoisotopic (exact) mass is 475 g/mol. The largest absolute Gasteiger partial charge is 0.494 e. The number of unbranched alkanes of at least 4 members (excludes halogenated alkanes) is 1. The molecule has 3 rings (SSSR count). The van der Waals surface area contributed by atoms with Gasteiger partial charge < -0.3 is 19.8 Å². The Morgan fingerprint density at radius 3 is 2.34 bits per heavy atom. The Kier molecular flexibility index (Phi) is 8.57. The predicted octanol–water partition coefficient (Wildman–Crippen LogP) is 5.15. The molecule has 8 heteroatoms. The second kappa shape index (κ2) is 11.2. The highest BCUT2D eigenvalue weighted by molar-refractivity contribution is 8.58. The third kappa shape index (κ3) is 6.03. The van der Waals surface area contributed by atoms with Crippen LogP contribution in [0.1, 0.15) is 42.5 Å². The number of benzene rings is 2. The van der Waals surface area contributed by atoms with E-state index in [0.29, 0.717) is 44.8 Å².